The van der Waals surface area contributed by atoms with E-state index in [-0.39, 0.29) is 18.6 Å². The highest BCUT2D eigenvalue weighted by Gasteiger charge is 2.34. The molecule has 1 aromatic heterocycles. The lowest BCUT2D eigenvalue weighted by molar-refractivity contribution is -0.135. The number of hydrogen-bond acceptors (Lipinski definition) is 5. The summed E-state index contributed by atoms with van der Waals surface area (Å²) in [5.74, 6) is 0.649. The number of carbonyl (C=O) groups is 1. The Kier molecular flexibility index (Phi) is 3.98. The summed E-state index contributed by atoms with van der Waals surface area (Å²) in [4.78, 5) is 14.0. The molecule has 0 radical (unpaired) electrons. The van der Waals surface area contributed by atoms with Gasteiger partial charge in [0.15, 0.2) is 5.76 Å². The van der Waals surface area contributed by atoms with Crippen molar-refractivity contribution in [3.8, 4) is 0 Å². The lowest BCUT2D eigenvalue weighted by atomic mass is 10.1. The molecule has 2 N–H and O–H groups in total. The topological polar surface area (TPSA) is 81.6 Å². The van der Waals surface area contributed by atoms with Crippen LogP contribution in [0.3, 0.4) is 0 Å². The summed E-state index contributed by atoms with van der Waals surface area (Å²) < 4.78 is 10.2. The molecule has 2 heterocycles. The fourth-order valence-corrected chi connectivity index (χ4v) is 2.33. The quantitative estimate of drug-likeness (QED) is 0.850. The number of ether oxygens (including phenoxy) is 1. The number of nitrogens with two attached hydrogens (primary N) is 1. The Balaban J connectivity index is 2.10. The van der Waals surface area contributed by atoms with Crippen LogP contribution in [0.1, 0.15) is 30.3 Å². The molecule has 1 fully saturated rings. The molecule has 0 spiro atoms. The summed E-state index contributed by atoms with van der Waals surface area (Å²) in [7, 11) is 1.54. The van der Waals surface area contributed by atoms with E-state index in [2.05, 4.69) is 5.16 Å². The third-order valence-electron chi connectivity index (χ3n) is 3.17. The molecule has 1 aliphatic rings. The van der Waals surface area contributed by atoms with Crippen LogP contribution in [0.15, 0.2) is 10.6 Å². The molecule has 1 amide bonds. The second kappa shape index (κ2) is 5.49. The summed E-state index contributed by atoms with van der Waals surface area (Å²) in [5.41, 5.74) is 6.62. The molecule has 2 rings (SSSR count). The molecule has 1 aromatic rings. The Morgan fingerprint density at radius 2 is 2.56 bits per heavy atom. The molecular formula is C12H19N3O3. The van der Waals surface area contributed by atoms with E-state index in [1.807, 2.05) is 13.0 Å². The Hall–Kier alpha value is -1.40. The third kappa shape index (κ3) is 2.54. The minimum absolute atomic E-state index is 0.0402. The summed E-state index contributed by atoms with van der Waals surface area (Å²) >= 11 is 0. The van der Waals surface area contributed by atoms with Crippen LogP contribution in [0, 0.1) is 6.92 Å². The van der Waals surface area contributed by atoms with Gasteiger partial charge < -0.3 is 19.9 Å². The van der Waals surface area contributed by atoms with E-state index in [0.717, 1.165) is 24.3 Å². The molecule has 6 nitrogen and oxygen atoms in total. The van der Waals surface area contributed by atoms with Crippen LogP contribution in [-0.4, -0.2) is 42.3 Å². The highest BCUT2D eigenvalue weighted by atomic mass is 16.5. The third-order valence-corrected chi connectivity index (χ3v) is 3.17. The first-order valence-electron chi connectivity index (χ1n) is 6.11. The van der Waals surface area contributed by atoms with Gasteiger partial charge in [-0.3, -0.25) is 4.79 Å². The van der Waals surface area contributed by atoms with Crippen LogP contribution < -0.4 is 5.73 Å². The smallest absolute Gasteiger partial charge is 0.242 e. The van der Waals surface area contributed by atoms with Crippen molar-refractivity contribution in [2.45, 2.75) is 31.8 Å². The first-order valence-corrected chi connectivity index (χ1v) is 6.11. The van der Waals surface area contributed by atoms with Crippen molar-refractivity contribution in [2.24, 2.45) is 5.73 Å². The minimum Gasteiger partial charge on any atom is -0.383 e. The van der Waals surface area contributed by atoms with Crippen LogP contribution in [0.5, 0.6) is 0 Å². The van der Waals surface area contributed by atoms with Crippen LogP contribution in [0.2, 0.25) is 0 Å². The lowest BCUT2D eigenvalue weighted by Crippen LogP contribution is -2.45. The monoisotopic (exact) mass is 253 g/mol. The van der Waals surface area contributed by atoms with Gasteiger partial charge in [-0.2, -0.15) is 0 Å². The van der Waals surface area contributed by atoms with Crippen molar-refractivity contribution in [1.82, 2.24) is 10.1 Å². The normalized spacial score (nSPS) is 21.3. The van der Waals surface area contributed by atoms with Gasteiger partial charge in [-0.1, -0.05) is 5.16 Å². The van der Waals surface area contributed by atoms with Gasteiger partial charge in [0.2, 0.25) is 5.91 Å². The first kappa shape index (κ1) is 13.0. The van der Waals surface area contributed by atoms with Gasteiger partial charge >= 0.3 is 0 Å². The number of likely N-dealkylation sites (tertiary alicyclic amines) is 1. The van der Waals surface area contributed by atoms with Crippen LogP contribution in [-0.2, 0) is 9.53 Å². The number of hydrogen-bond donors (Lipinski definition) is 1. The maximum absolute atomic E-state index is 12.2. The highest BCUT2D eigenvalue weighted by Crippen LogP contribution is 2.32. The predicted molar refractivity (Wildman–Crippen MR) is 64.8 cm³/mol. The summed E-state index contributed by atoms with van der Waals surface area (Å²) in [6.45, 7) is 2.81. The zero-order valence-electron chi connectivity index (χ0n) is 10.8. The van der Waals surface area contributed by atoms with Crippen molar-refractivity contribution in [2.75, 3.05) is 20.3 Å². The second-order valence-electron chi connectivity index (χ2n) is 4.62. The van der Waals surface area contributed by atoms with Crippen LogP contribution >= 0.6 is 0 Å². The summed E-state index contributed by atoms with van der Waals surface area (Å²) in [6.07, 6.45) is 1.84. The van der Waals surface area contributed by atoms with E-state index in [1.165, 1.54) is 7.11 Å². The molecule has 2 atom stereocenters. The highest BCUT2D eigenvalue weighted by molar-refractivity contribution is 5.82. The van der Waals surface area contributed by atoms with Crippen LogP contribution in [0.25, 0.3) is 0 Å². The molecule has 18 heavy (non-hydrogen) atoms. The number of carbonyl (C=O) groups excluding carboxylic acids is 1. The zero-order chi connectivity index (χ0) is 13.1. The number of methoxy groups -OCH3 is 1. The Morgan fingerprint density at radius 3 is 3.17 bits per heavy atom. The van der Waals surface area contributed by atoms with Crippen LogP contribution in [0.4, 0.5) is 0 Å². The molecule has 1 saturated heterocycles. The first-order chi connectivity index (χ1) is 8.63. The van der Waals surface area contributed by atoms with Crippen molar-refractivity contribution in [1.29, 1.82) is 0 Å². The number of nitrogens with zero attached hydrogens (tertiary/aromatic N) is 2. The largest absolute Gasteiger partial charge is 0.383 e. The zero-order valence-corrected chi connectivity index (χ0v) is 10.8. The predicted octanol–water partition coefficient (Wildman–Crippen LogP) is 0.620. The van der Waals surface area contributed by atoms with Crippen molar-refractivity contribution >= 4 is 5.91 Å². The summed E-state index contributed by atoms with van der Waals surface area (Å²) in [6, 6.07) is 1.22. The van der Waals surface area contributed by atoms with Crippen molar-refractivity contribution < 1.29 is 14.1 Å². The van der Waals surface area contributed by atoms with E-state index < -0.39 is 6.04 Å². The molecule has 2 unspecified atom stereocenters. The molecule has 100 valence electrons. The molecule has 6 heteroatoms. The van der Waals surface area contributed by atoms with E-state index in [0.29, 0.717) is 6.54 Å². The van der Waals surface area contributed by atoms with Crippen molar-refractivity contribution in [3.05, 3.63) is 17.5 Å². The number of aryl methyl sites for hydroxylation is 1. The average Bonchev–Trinajstić information content (AvgIpc) is 2.96. The van der Waals surface area contributed by atoms with E-state index in [4.69, 9.17) is 15.0 Å². The Labute approximate surface area is 106 Å². The number of rotatable bonds is 4. The molecule has 0 aromatic carbocycles. The van der Waals surface area contributed by atoms with Gasteiger partial charge in [-0.25, -0.2) is 0 Å². The van der Waals surface area contributed by atoms with Gasteiger partial charge in [0.05, 0.1) is 18.3 Å². The number of aromatic nitrogens is 1. The molecule has 0 saturated carbocycles. The maximum Gasteiger partial charge on any atom is 0.242 e. The van der Waals surface area contributed by atoms with E-state index >= 15 is 0 Å². The molecule has 1 aliphatic heterocycles. The summed E-state index contributed by atoms with van der Waals surface area (Å²) in [5, 5.41) is 3.87. The van der Waals surface area contributed by atoms with E-state index in [9.17, 15) is 4.79 Å². The van der Waals surface area contributed by atoms with Gasteiger partial charge in [0, 0.05) is 19.7 Å². The second-order valence-corrected chi connectivity index (χ2v) is 4.62. The standard InChI is InChI=1S/C12H19N3O3/c1-8-6-11(18-14-8)10-4-3-5-15(10)12(16)9(13)7-17-2/h6,9-10H,3-5,7,13H2,1-2H3. The van der Waals surface area contributed by atoms with Gasteiger partial charge in [-0.05, 0) is 19.8 Å². The molecular weight excluding hydrogens is 234 g/mol. The fraction of sp³-hybridized carbons (Fsp3) is 0.667. The number of amides is 1. The van der Waals surface area contributed by atoms with Gasteiger partial charge in [0.1, 0.15) is 6.04 Å². The Morgan fingerprint density at radius 1 is 1.78 bits per heavy atom. The molecule has 0 bridgehead atoms. The fourth-order valence-electron chi connectivity index (χ4n) is 2.33. The minimum atomic E-state index is -0.611. The van der Waals surface area contributed by atoms with Gasteiger partial charge in [-0.15, -0.1) is 0 Å². The van der Waals surface area contributed by atoms with Gasteiger partial charge in [0.25, 0.3) is 0 Å². The van der Waals surface area contributed by atoms with Crippen molar-refractivity contribution in [3.63, 3.8) is 0 Å². The lowest BCUT2D eigenvalue weighted by Gasteiger charge is -2.25. The average molecular weight is 253 g/mol. The maximum atomic E-state index is 12.2. The molecule has 0 aliphatic carbocycles. The van der Waals surface area contributed by atoms with E-state index in [1.54, 1.807) is 4.90 Å². The Bertz CT molecular complexity index is 418. The SMILES string of the molecule is COCC(N)C(=O)N1CCCC1c1cc(C)no1.